The standard InChI is InChI=1S/C13H13FN4O3/c1-18-12(21)10(19)9(17-13(18)15)11(20)16-6-7-2-4-8(14)5-3-7/h2-5,19H,6H2,1H3,(H2,15,17)(H,16,20). The SMILES string of the molecule is Cn1c(N)nc(C(=O)NCc2ccc(F)cc2)c(O)c1=O. The molecule has 21 heavy (non-hydrogen) atoms. The zero-order chi connectivity index (χ0) is 15.6. The van der Waals surface area contributed by atoms with Crippen LogP contribution >= 0.6 is 0 Å². The third kappa shape index (κ3) is 2.99. The predicted octanol–water partition coefficient (Wildman–Crippen LogP) is 0.137. The van der Waals surface area contributed by atoms with Gasteiger partial charge in [0.1, 0.15) is 5.82 Å². The average molecular weight is 292 g/mol. The van der Waals surface area contributed by atoms with Crippen LogP contribution in [0, 0.1) is 5.82 Å². The number of halogens is 1. The fourth-order valence-electron chi connectivity index (χ4n) is 1.63. The molecule has 0 saturated heterocycles. The average Bonchev–Trinajstić information content (AvgIpc) is 2.48. The maximum absolute atomic E-state index is 12.7. The van der Waals surface area contributed by atoms with Crippen LogP contribution in [0.4, 0.5) is 10.3 Å². The number of hydrogen-bond donors (Lipinski definition) is 3. The number of nitrogens with one attached hydrogen (secondary N) is 1. The summed E-state index contributed by atoms with van der Waals surface area (Å²) in [6.45, 7) is 0.0926. The van der Waals surface area contributed by atoms with Gasteiger partial charge in [-0.05, 0) is 17.7 Å². The minimum atomic E-state index is -0.811. The van der Waals surface area contributed by atoms with Gasteiger partial charge in [0.05, 0.1) is 0 Å². The lowest BCUT2D eigenvalue weighted by molar-refractivity contribution is 0.0942. The first kappa shape index (κ1) is 14.5. The van der Waals surface area contributed by atoms with Crippen molar-refractivity contribution in [2.24, 2.45) is 7.05 Å². The van der Waals surface area contributed by atoms with E-state index in [1.165, 1.54) is 31.3 Å². The van der Waals surface area contributed by atoms with E-state index >= 15 is 0 Å². The van der Waals surface area contributed by atoms with Crippen LogP contribution in [0.2, 0.25) is 0 Å². The van der Waals surface area contributed by atoms with Gasteiger partial charge in [0.15, 0.2) is 5.69 Å². The van der Waals surface area contributed by atoms with Gasteiger partial charge < -0.3 is 16.2 Å². The highest BCUT2D eigenvalue weighted by Gasteiger charge is 2.18. The molecule has 0 fully saturated rings. The summed E-state index contributed by atoms with van der Waals surface area (Å²) < 4.78 is 13.7. The first-order valence-corrected chi connectivity index (χ1v) is 5.98. The van der Waals surface area contributed by atoms with E-state index in [0.29, 0.717) is 5.56 Å². The molecule has 4 N–H and O–H groups in total. The van der Waals surface area contributed by atoms with Gasteiger partial charge in [-0.2, -0.15) is 0 Å². The summed E-state index contributed by atoms with van der Waals surface area (Å²) in [6.07, 6.45) is 0. The number of aromatic hydroxyl groups is 1. The van der Waals surface area contributed by atoms with E-state index in [0.717, 1.165) is 4.57 Å². The molecule has 110 valence electrons. The number of amides is 1. The van der Waals surface area contributed by atoms with Crippen LogP contribution in [0.5, 0.6) is 5.75 Å². The van der Waals surface area contributed by atoms with Gasteiger partial charge in [-0.3, -0.25) is 14.2 Å². The molecule has 2 aromatic rings. The molecule has 1 heterocycles. The minimum Gasteiger partial charge on any atom is -0.501 e. The Morgan fingerprint density at radius 1 is 1.43 bits per heavy atom. The molecule has 1 aromatic heterocycles. The Morgan fingerprint density at radius 3 is 2.67 bits per heavy atom. The zero-order valence-electron chi connectivity index (χ0n) is 11.1. The smallest absolute Gasteiger partial charge is 0.297 e. The lowest BCUT2D eigenvalue weighted by Crippen LogP contribution is -2.29. The Labute approximate surface area is 118 Å². The van der Waals surface area contributed by atoms with Crippen molar-refractivity contribution < 1.29 is 14.3 Å². The van der Waals surface area contributed by atoms with E-state index < -0.39 is 22.9 Å². The Morgan fingerprint density at radius 2 is 2.05 bits per heavy atom. The molecule has 0 aliphatic heterocycles. The first-order chi connectivity index (χ1) is 9.90. The minimum absolute atomic E-state index is 0.0926. The summed E-state index contributed by atoms with van der Waals surface area (Å²) >= 11 is 0. The maximum Gasteiger partial charge on any atom is 0.297 e. The van der Waals surface area contributed by atoms with Crippen molar-refractivity contribution in [1.29, 1.82) is 0 Å². The van der Waals surface area contributed by atoms with E-state index in [1.54, 1.807) is 0 Å². The highest BCUT2D eigenvalue weighted by atomic mass is 19.1. The van der Waals surface area contributed by atoms with Gasteiger partial charge >= 0.3 is 0 Å². The highest BCUT2D eigenvalue weighted by Crippen LogP contribution is 2.10. The fourth-order valence-corrected chi connectivity index (χ4v) is 1.63. The summed E-state index contributed by atoms with van der Waals surface area (Å²) in [5.41, 5.74) is 4.87. The number of benzene rings is 1. The number of nitrogens with two attached hydrogens (primary N) is 1. The molecular formula is C13H13FN4O3. The predicted molar refractivity (Wildman–Crippen MR) is 73.1 cm³/mol. The van der Waals surface area contributed by atoms with Crippen molar-refractivity contribution in [3.8, 4) is 5.75 Å². The normalized spacial score (nSPS) is 10.4. The van der Waals surface area contributed by atoms with Crippen LogP contribution in [-0.4, -0.2) is 20.6 Å². The second-order valence-electron chi connectivity index (χ2n) is 4.34. The van der Waals surface area contributed by atoms with E-state index in [9.17, 15) is 19.1 Å². The molecule has 1 amide bonds. The molecule has 7 nitrogen and oxygen atoms in total. The van der Waals surface area contributed by atoms with Crippen LogP contribution in [0.15, 0.2) is 29.1 Å². The van der Waals surface area contributed by atoms with Crippen LogP contribution in [0.3, 0.4) is 0 Å². The summed E-state index contributed by atoms with van der Waals surface area (Å²) in [5.74, 6) is -2.10. The molecular weight excluding hydrogens is 279 g/mol. The summed E-state index contributed by atoms with van der Waals surface area (Å²) in [4.78, 5) is 27.2. The lowest BCUT2D eigenvalue weighted by atomic mass is 10.2. The van der Waals surface area contributed by atoms with E-state index in [1.807, 2.05) is 0 Å². The van der Waals surface area contributed by atoms with Gasteiger partial charge in [-0.25, -0.2) is 9.37 Å². The third-order valence-electron chi connectivity index (χ3n) is 2.88. The Hall–Kier alpha value is -2.90. The number of carbonyl (C=O) groups excluding carboxylic acids is 1. The van der Waals surface area contributed by atoms with Crippen LogP contribution < -0.4 is 16.6 Å². The lowest BCUT2D eigenvalue weighted by Gasteiger charge is -2.09. The fraction of sp³-hybridized carbons (Fsp3) is 0.154. The number of nitrogens with zero attached hydrogens (tertiary/aromatic N) is 2. The van der Waals surface area contributed by atoms with Crippen LogP contribution in [-0.2, 0) is 13.6 Å². The van der Waals surface area contributed by atoms with Gasteiger partial charge in [0.25, 0.3) is 11.5 Å². The molecule has 0 atom stereocenters. The molecule has 0 unspecified atom stereocenters. The van der Waals surface area contributed by atoms with Crippen molar-refractivity contribution in [1.82, 2.24) is 14.9 Å². The Kier molecular flexibility index (Phi) is 3.88. The topological polar surface area (TPSA) is 110 Å². The Balaban J connectivity index is 2.18. The van der Waals surface area contributed by atoms with Gasteiger partial charge in [-0.1, -0.05) is 12.1 Å². The van der Waals surface area contributed by atoms with Crippen molar-refractivity contribution in [3.63, 3.8) is 0 Å². The first-order valence-electron chi connectivity index (χ1n) is 5.98. The van der Waals surface area contributed by atoms with E-state index in [-0.39, 0.29) is 18.3 Å². The number of aromatic nitrogens is 2. The molecule has 2 rings (SSSR count). The molecule has 0 saturated carbocycles. The number of anilines is 1. The molecule has 0 spiro atoms. The summed E-state index contributed by atoms with van der Waals surface area (Å²) in [7, 11) is 1.32. The third-order valence-corrected chi connectivity index (χ3v) is 2.88. The molecule has 0 bridgehead atoms. The highest BCUT2D eigenvalue weighted by molar-refractivity contribution is 5.94. The molecule has 8 heteroatoms. The van der Waals surface area contributed by atoms with Crippen LogP contribution in [0.1, 0.15) is 16.1 Å². The Bertz CT molecular complexity index is 740. The molecule has 0 radical (unpaired) electrons. The van der Waals surface area contributed by atoms with E-state index in [2.05, 4.69) is 10.3 Å². The van der Waals surface area contributed by atoms with Crippen molar-refractivity contribution in [2.75, 3.05) is 5.73 Å². The van der Waals surface area contributed by atoms with Crippen LogP contribution in [0.25, 0.3) is 0 Å². The molecule has 0 aliphatic carbocycles. The molecule has 1 aromatic carbocycles. The van der Waals surface area contributed by atoms with E-state index in [4.69, 9.17) is 5.73 Å². The summed E-state index contributed by atoms with van der Waals surface area (Å²) in [6, 6.07) is 5.52. The van der Waals surface area contributed by atoms with Gasteiger partial charge in [0, 0.05) is 13.6 Å². The van der Waals surface area contributed by atoms with Crippen molar-refractivity contribution in [2.45, 2.75) is 6.54 Å². The monoisotopic (exact) mass is 292 g/mol. The quantitative estimate of drug-likeness (QED) is 0.745. The number of carbonyl (C=O) groups is 1. The molecule has 0 aliphatic rings. The maximum atomic E-state index is 12.7. The second-order valence-corrected chi connectivity index (χ2v) is 4.34. The number of nitrogen functional groups attached to an aromatic ring is 1. The van der Waals surface area contributed by atoms with Crippen molar-refractivity contribution >= 4 is 11.9 Å². The van der Waals surface area contributed by atoms with Crippen molar-refractivity contribution in [3.05, 3.63) is 51.7 Å². The van der Waals surface area contributed by atoms with Gasteiger partial charge in [-0.15, -0.1) is 0 Å². The summed E-state index contributed by atoms with van der Waals surface area (Å²) in [5, 5.41) is 12.1. The number of rotatable bonds is 3. The zero-order valence-corrected chi connectivity index (χ0v) is 11.1. The van der Waals surface area contributed by atoms with Gasteiger partial charge in [0.2, 0.25) is 11.7 Å². The number of hydrogen-bond acceptors (Lipinski definition) is 5. The largest absolute Gasteiger partial charge is 0.501 e. The second kappa shape index (κ2) is 5.61.